The van der Waals surface area contributed by atoms with Gasteiger partial charge in [0.05, 0.1) is 6.54 Å². The van der Waals surface area contributed by atoms with Crippen LogP contribution in [-0.4, -0.2) is 82.9 Å². The Morgan fingerprint density at radius 1 is 0.952 bits per heavy atom. The number of carbonyl (C=O) groups excluding carboxylic acids is 4. The van der Waals surface area contributed by atoms with Crippen molar-refractivity contribution in [2.75, 3.05) is 31.5 Å². The van der Waals surface area contributed by atoms with Crippen LogP contribution in [-0.2, 0) is 14.4 Å². The lowest BCUT2D eigenvalue weighted by atomic mass is 10.0. The normalized spacial score (nSPS) is 15.5. The first-order chi connectivity index (χ1) is 19.8. The van der Waals surface area contributed by atoms with Gasteiger partial charge in [-0.2, -0.15) is 0 Å². The van der Waals surface area contributed by atoms with Crippen molar-refractivity contribution in [1.29, 1.82) is 0 Å². The van der Waals surface area contributed by atoms with Crippen LogP contribution in [0.2, 0.25) is 0 Å². The van der Waals surface area contributed by atoms with E-state index in [0.29, 0.717) is 35.4 Å². The minimum atomic E-state index is -1.05. The molecule has 11 nitrogen and oxygen atoms in total. The highest BCUT2D eigenvalue weighted by Gasteiger charge is 2.36. The number of nitrogens with two attached hydrogens (primary N) is 1. The molecule has 4 amide bonds. The molecule has 4 rings (SSSR count). The zero-order valence-corrected chi connectivity index (χ0v) is 23.1. The van der Waals surface area contributed by atoms with Gasteiger partial charge in [0.2, 0.25) is 11.8 Å². The van der Waals surface area contributed by atoms with Gasteiger partial charge >= 0.3 is 0 Å². The summed E-state index contributed by atoms with van der Waals surface area (Å²) in [5, 5.41) is 14.2. The number of carbonyl (C=O) groups is 4. The van der Waals surface area contributed by atoms with Gasteiger partial charge in [0.1, 0.15) is 6.04 Å². The maximum atomic E-state index is 12.9. The summed E-state index contributed by atoms with van der Waals surface area (Å²) < 4.78 is 0. The number of nitrogens with one attached hydrogen (secondary N) is 3. The van der Waals surface area contributed by atoms with Crippen LogP contribution in [0, 0.1) is 11.8 Å². The molecule has 1 heterocycles. The lowest BCUT2D eigenvalue weighted by Gasteiger charge is -2.38. The smallest absolute Gasteiger partial charge is 0.267 e. The Kier molecular flexibility index (Phi) is 11.6. The SMILES string of the molecule is C.CC(=O)N1CCC(N(CC(=O)Nc2ccc(C#Cc3ccc(C(=O)N[C@@H](CN)C(=O)NO)cc3)cc2)C2CC2)CC1. The highest BCUT2D eigenvalue weighted by Crippen LogP contribution is 2.31. The summed E-state index contributed by atoms with van der Waals surface area (Å²) in [5.41, 5.74) is 9.41. The molecule has 2 fully saturated rings. The Labute approximate surface area is 246 Å². The molecule has 224 valence electrons. The van der Waals surface area contributed by atoms with E-state index in [-0.39, 0.29) is 25.8 Å². The maximum Gasteiger partial charge on any atom is 0.267 e. The van der Waals surface area contributed by atoms with E-state index in [4.69, 9.17) is 10.9 Å². The third-order valence-electron chi connectivity index (χ3n) is 7.36. The summed E-state index contributed by atoms with van der Waals surface area (Å²) in [4.78, 5) is 52.5. The second-order valence-electron chi connectivity index (χ2n) is 10.3. The molecule has 1 saturated carbocycles. The molecule has 42 heavy (non-hydrogen) atoms. The number of benzene rings is 2. The molecule has 1 saturated heterocycles. The number of hydrogen-bond acceptors (Lipinski definition) is 7. The quantitative estimate of drug-likeness (QED) is 0.173. The van der Waals surface area contributed by atoms with Crippen LogP contribution >= 0.6 is 0 Å². The standard InChI is InChI=1S/C30H36N6O5.CH4/c1-20(37)35-16-14-26(15-17-35)36(25-12-13-25)19-28(38)32-24-10-6-22(7-11-24)3-2-21-4-8-23(9-5-21)29(39)33-27(18-31)30(40)34-41;/h4-11,25-27,41H,12-19,31H2,1H3,(H,32,38)(H,33,39)(H,34,40);1H4/t27-;/m0./s1. The molecule has 0 radical (unpaired) electrons. The predicted octanol–water partition coefficient (Wildman–Crippen LogP) is 1.70. The Balaban J connectivity index is 0.00000484. The van der Waals surface area contributed by atoms with Crippen molar-refractivity contribution in [3.63, 3.8) is 0 Å². The van der Waals surface area contributed by atoms with E-state index in [1.54, 1.807) is 31.2 Å². The Morgan fingerprint density at radius 2 is 1.50 bits per heavy atom. The van der Waals surface area contributed by atoms with Gasteiger partial charge in [-0.3, -0.25) is 29.3 Å². The first-order valence-corrected chi connectivity index (χ1v) is 13.8. The van der Waals surface area contributed by atoms with Crippen LogP contribution in [0.1, 0.15) is 61.5 Å². The molecule has 1 atom stereocenters. The molecule has 11 heteroatoms. The number of likely N-dealkylation sites (tertiary alicyclic amines) is 1. The number of hydroxylamine groups is 1. The average Bonchev–Trinajstić information content (AvgIpc) is 3.83. The summed E-state index contributed by atoms with van der Waals surface area (Å²) >= 11 is 0. The van der Waals surface area contributed by atoms with Crippen LogP contribution in [0.25, 0.3) is 0 Å². The van der Waals surface area contributed by atoms with Crippen molar-refractivity contribution in [1.82, 2.24) is 20.6 Å². The minimum absolute atomic E-state index is 0. The van der Waals surface area contributed by atoms with Gasteiger partial charge in [0, 0.05) is 61.0 Å². The van der Waals surface area contributed by atoms with E-state index in [1.807, 2.05) is 29.2 Å². The molecule has 0 aromatic heterocycles. The van der Waals surface area contributed by atoms with Crippen molar-refractivity contribution in [3.05, 3.63) is 65.2 Å². The zero-order chi connectivity index (χ0) is 29.4. The van der Waals surface area contributed by atoms with Gasteiger partial charge < -0.3 is 21.3 Å². The number of nitrogens with zero attached hydrogens (tertiary/aromatic N) is 2. The Morgan fingerprint density at radius 3 is 2.00 bits per heavy atom. The van der Waals surface area contributed by atoms with Crippen LogP contribution in [0.5, 0.6) is 0 Å². The van der Waals surface area contributed by atoms with Crippen LogP contribution in [0.4, 0.5) is 5.69 Å². The van der Waals surface area contributed by atoms with Crippen molar-refractivity contribution in [3.8, 4) is 11.8 Å². The number of anilines is 1. The predicted molar refractivity (Wildman–Crippen MR) is 159 cm³/mol. The second-order valence-corrected chi connectivity index (χ2v) is 10.3. The van der Waals surface area contributed by atoms with Gasteiger partial charge in [-0.05, 0) is 74.2 Å². The minimum Gasteiger partial charge on any atom is -0.343 e. The summed E-state index contributed by atoms with van der Waals surface area (Å²) in [6.45, 7) is 3.27. The molecular formula is C31H40N6O5. The van der Waals surface area contributed by atoms with E-state index >= 15 is 0 Å². The Hall–Kier alpha value is -4.24. The average molecular weight is 577 g/mol. The number of amides is 4. The monoisotopic (exact) mass is 576 g/mol. The first-order valence-electron chi connectivity index (χ1n) is 13.8. The molecule has 2 aromatic rings. The van der Waals surface area contributed by atoms with E-state index < -0.39 is 17.9 Å². The summed E-state index contributed by atoms with van der Waals surface area (Å²) in [6, 6.07) is 13.6. The fourth-order valence-electron chi connectivity index (χ4n) is 4.88. The van der Waals surface area contributed by atoms with Gasteiger partial charge in [0.15, 0.2) is 0 Å². The van der Waals surface area contributed by atoms with E-state index in [0.717, 1.165) is 44.3 Å². The molecule has 2 aliphatic rings. The lowest BCUT2D eigenvalue weighted by Crippen LogP contribution is -2.50. The summed E-state index contributed by atoms with van der Waals surface area (Å²) in [6.07, 6.45) is 4.01. The Bertz CT molecular complexity index is 1310. The number of piperidine rings is 1. The molecule has 6 N–H and O–H groups in total. The van der Waals surface area contributed by atoms with Crippen LogP contribution in [0.15, 0.2) is 48.5 Å². The summed E-state index contributed by atoms with van der Waals surface area (Å²) in [5.74, 6) is 4.87. The molecule has 0 spiro atoms. The molecule has 1 aliphatic heterocycles. The molecule has 0 bridgehead atoms. The third kappa shape index (κ3) is 8.88. The molecule has 1 aliphatic carbocycles. The number of rotatable bonds is 9. The van der Waals surface area contributed by atoms with E-state index in [2.05, 4.69) is 27.4 Å². The van der Waals surface area contributed by atoms with Gasteiger partial charge in [-0.15, -0.1) is 0 Å². The van der Waals surface area contributed by atoms with Crippen molar-refractivity contribution < 1.29 is 24.4 Å². The van der Waals surface area contributed by atoms with Gasteiger partial charge in [0.25, 0.3) is 11.8 Å². The van der Waals surface area contributed by atoms with Crippen molar-refractivity contribution in [2.24, 2.45) is 5.73 Å². The van der Waals surface area contributed by atoms with Gasteiger partial charge in [-0.25, -0.2) is 5.48 Å². The highest BCUT2D eigenvalue weighted by atomic mass is 16.5. The zero-order valence-electron chi connectivity index (χ0n) is 23.1. The van der Waals surface area contributed by atoms with Gasteiger partial charge in [-0.1, -0.05) is 19.3 Å². The summed E-state index contributed by atoms with van der Waals surface area (Å²) in [7, 11) is 0. The molecule has 0 unspecified atom stereocenters. The third-order valence-corrected chi connectivity index (χ3v) is 7.36. The fraction of sp³-hybridized carbons (Fsp3) is 0.419. The molecular weight excluding hydrogens is 536 g/mol. The fourth-order valence-corrected chi connectivity index (χ4v) is 4.88. The topological polar surface area (TPSA) is 157 Å². The van der Waals surface area contributed by atoms with E-state index in [1.165, 1.54) is 5.48 Å². The van der Waals surface area contributed by atoms with E-state index in [9.17, 15) is 19.2 Å². The highest BCUT2D eigenvalue weighted by molar-refractivity contribution is 5.97. The van der Waals surface area contributed by atoms with Crippen LogP contribution in [0.3, 0.4) is 0 Å². The molecule has 2 aromatic carbocycles. The second kappa shape index (κ2) is 15.1. The van der Waals surface area contributed by atoms with Crippen LogP contribution < -0.4 is 21.8 Å². The number of hydrogen-bond donors (Lipinski definition) is 5. The van der Waals surface area contributed by atoms with Crippen molar-refractivity contribution in [2.45, 2.75) is 58.2 Å². The largest absolute Gasteiger partial charge is 0.343 e. The lowest BCUT2D eigenvalue weighted by molar-refractivity contribution is -0.131. The maximum absolute atomic E-state index is 12.9. The first kappa shape index (κ1) is 32.3. The van der Waals surface area contributed by atoms with Crippen molar-refractivity contribution >= 4 is 29.3 Å².